The van der Waals surface area contributed by atoms with E-state index in [0.29, 0.717) is 11.4 Å². The number of carbonyl (C=O) groups excluding carboxylic acids is 1. The average Bonchev–Trinajstić information content (AvgIpc) is 2.46. The summed E-state index contributed by atoms with van der Waals surface area (Å²) in [5.74, 6) is 0.477. The number of carbonyl (C=O) groups is 1. The van der Waals surface area contributed by atoms with Gasteiger partial charge in [0.2, 0.25) is 0 Å². The van der Waals surface area contributed by atoms with Gasteiger partial charge in [-0.15, -0.1) is 0 Å². The zero-order valence-corrected chi connectivity index (χ0v) is 10.7. The van der Waals surface area contributed by atoms with Crippen LogP contribution in [0.3, 0.4) is 0 Å². The number of rotatable bonds is 1. The summed E-state index contributed by atoms with van der Waals surface area (Å²) in [5.41, 5.74) is 0.413. The maximum atomic E-state index is 12.5. The van der Waals surface area contributed by atoms with Crippen molar-refractivity contribution in [1.29, 1.82) is 0 Å². The molecule has 108 valence electrons. The topological polar surface area (TPSA) is 29.5 Å². The molecule has 0 fully saturated rings. The SMILES string of the molecule is O=C1Oc2ccccc2CN1c1ccc(C(F)(F)F)cc1. The van der Waals surface area contributed by atoms with Crippen molar-refractivity contribution in [3.8, 4) is 5.75 Å². The lowest BCUT2D eigenvalue weighted by atomic mass is 10.1. The number of benzene rings is 2. The van der Waals surface area contributed by atoms with Crippen LogP contribution in [-0.4, -0.2) is 6.09 Å². The molecule has 6 heteroatoms. The van der Waals surface area contributed by atoms with Gasteiger partial charge in [0.1, 0.15) is 5.75 Å². The van der Waals surface area contributed by atoms with E-state index in [1.165, 1.54) is 17.0 Å². The summed E-state index contributed by atoms with van der Waals surface area (Å²) in [6, 6.07) is 11.5. The number of nitrogens with zero attached hydrogens (tertiary/aromatic N) is 1. The highest BCUT2D eigenvalue weighted by Crippen LogP contribution is 2.33. The number of ether oxygens (including phenoxy) is 1. The lowest BCUT2D eigenvalue weighted by Gasteiger charge is -2.28. The summed E-state index contributed by atoms with van der Waals surface area (Å²) < 4.78 is 42.8. The number of amides is 1. The number of anilines is 1. The Kier molecular flexibility index (Phi) is 3.08. The molecule has 0 spiro atoms. The summed E-state index contributed by atoms with van der Waals surface area (Å²) in [6.45, 7) is 0.264. The largest absolute Gasteiger partial charge is 0.420 e. The van der Waals surface area contributed by atoms with Crippen LogP contribution in [0.25, 0.3) is 0 Å². The van der Waals surface area contributed by atoms with E-state index in [1.54, 1.807) is 18.2 Å². The molecule has 1 heterocycles. The Bertz CT molecular complexity index is 680. The first-order valence-electron chi connectivity index (χ1n) is 6.20. The van der Waals surface area contributed by atoms with Crippen molar-refractivity contribution in [3.05, 3.63) is 59.7 Å². The summed E-state index contributed by atoms with van der Waals surface area (Å²) >= 11 is 0. The number of hydrogen-bond acceptors (Lipinski definition) is 2. The first-order valence-corrected chi connectivity index (χ1v) is 6.20. The highest BCUT2D eigenvalue weighted by atomic mass is 19.4. The molecule has 3 nitrogen and oxygen atoms in total. The predicted octanol–water partition coefficient (Wildman–Crippen LogP) is 4.22. The number of para-hydroxylation sites is 1. The van der Waals surface area contributed by atoms with Crippen molar-refractivity contribution in [3.63, 3.8) is 0 Å². The second-order valence-corrected chi connectivity index (χ2v) is 4.61. The van der Waals surface area contributed by atoms with E-state index in [-0.39, 0.29) is 6.54 Å². The lowest BCUT2D eigenvalue weighted by molar-refractivity contribution is -0.137. The Morgan fingerprint density at radius 2 is 1.67 bits per heavy atom. The monoisotopic (exact) mass is 293 g/mol. The van der Waals surface area contributed by atoms with E-state index in [2.05, 4.69) is 0 Å². The van der Waals surface area contributed by atoms with Crippen molar-refractivity contribution in [2.45, 2.75) is 12.7 Å². The van der Waals surface area contributed by atoms with Gasteiger partial charge >= 0.3 is 12.3 Å². The normalized spacial score (nSPS) is 14.6. The molecular formula is C15H10F3NO2. The Morgan fingerprint density at radius 3 is 2.33 bits per heavy atom. The van der Waals surface area contributed by atoms with Crippen LogP contribution in [0.1, 0.15) is 11.1 Å². The Balaban J connectivity index is 1.89. The summed E-state index contributed by atoms with van der Waals surface area (Å²) in [7, 11) is 0. The van der Waals surface area contributed by atoms with Crippen LogP contribution in [0.2, 0.25) is 0 Å². The molecule has 0 aliphatic carbocycles. The number of halogens is 3. The number of hydrogen-bond donors (Lipinski definition) is 0. The van der Waals surface area contributed by atoms with E-state index >= 15 is 0 Å². The third-order valence-corrected chi connectivity index (χ3v) is 3.23. The summed E-state index contributed by atoms with van der Waals surface area (Å²) in [6.07, 6.45) is -5.00. The van der Waals surface area contributed by atoms with E-state index < -0.39 is 17.8 Å². The van der Waals surface area contributed by atoms with Gasteiger partial charge < -0.3 is 4.74 Å². The van der Waals surface area contributed by atoms with Gasteiger partial charge in [0, 0.05) is 11.3 Å². The standard InChI is InChI=1S/C15H10F3NO2/c16-15(17,18)11-5-7-12(8-6-11)19-9-10-3-1-2-4-13(10)21-14(19)20/h1-8H,9H2. The summed E-state index contributed by atoms with van der Waals surface area (Å²) in [4.78, 5) is 13.2. The molecule has 0 bridgehead atoms. The predicted molar refractivity (Wildman–Crippen MR) is 70.1 cm³/mol. The Hall–Kier alpha value is -2.50. The van der Waals surface area contributed by atoms with Crippen LogP contribution < -0.4 is 9.64 Å². The minimum absolute atomic E-state index is 0.264. The molecule has 0 radical (unpaired) electrons. The van der Waals surface area contributed by atoms with Crippen LogP contribution in [0.15, 0.2) is 48.5 Å². The van der Waals surface area contributed by atoms with Crippen molar-refractivity contribution in [2.24, 2.45) is 0 Å². The highest BCUT2D eigenvalue weighted by Gasteiger charge is 2.31. The first-order chi connectivity index (χ1) is 9.95. The van der Waals surface area contributed by atoms with Crippen LogP contribution in [-0.2, 0) is 12.7 Å². The molecule has 0 saturated heterocycles. The maximum Gasteiger partial charge on any atom is 0.420 e. The second-order valence-electron chi connectivity index (χ2n) is 4.61. The van der Waals surface area contributed by atoms with Crippen LogP contribution >= 0.6 is 0 Å². The second kappa shape index (κ2) is 4.80. The van der Waals surface area contributed by atoms with Gasteiger partial charge in [0.05, 0.1) is 12.1 Å². The van der Waals surface area contributed by atoms with Gasteiger partial charge in [0.25, 0.3) is 0 Å². The molecule has 1 amide bonds. The minimum atomic E-state index is -4.40. The van der Waals surface area contributed by atoms with Crippen molar-refractivity contribution in [1.82, 2.24) is 0 Å². The molecule has 0 atom stereocenters. The van der Waals surface area contributed by atoms with E-state index in [4.69, 9.17) is 4.74 Å². The fourth-order valence-electron chi connectivity index (χ4n) is 2.15. The molecular weight excluding hydrogens is 283 g/mol. The molecule has 2 aromatic carbocycles. The van der Waals surface area contributed by atoms with E-state index in [9.17, 15) is 18.0 Å². The molecule has 3 rings (SSSR count). The Labute approximate surface area is 118 Å². The minimum Gasteiger partial charge on any atom is -0.410 e. The molecule has 2 aromatic rings. The van der Waals surface area contributed by atoms with Crippen LogP contribution in [0.5, 0.6) is 5.75 Å². The van der Waals surface area contributed by atoms with E-state index in [0.717, 1.165) is 17.7 Å². The quantitative estimate of drug-likeness (QED) is 0.787. The molecule has 0 aromatic heterocycles. The van der Waals surface area contributed by atoms with Crippen LogP contribution in [0, 0.1) is 0 Å². The molecule has 21 heavy (non-hydrogen) atoms. The van der Waals surface area contributed by atoms with Crippen LogP contribution in [0.4, 0.5) is 23.7 Å². The maximum absolute atomic E-state index is 12.5. The van der Waals surface area contributed by atoms with Gasteiger partial charge in [0.15, 0.2) is 0 Å². The third-order valence-electron chi connectivity index (χ3n) is 3.23. The third kappa shape index (κ3) is 2.56. The zero-order valence-electron chi connectivity index (χ0n) is 10.7. The van der Waals surface area contributed by atoms with Gasteiger partial charge in [-0.1, -0.05) is 18.2 Å². The number of alkyl halides is 3. The number of fused-ring (bicyclic) bond motifs is 1. The van der Waals surface area contributed by atoms with Crippen molar-refractivity contribution in [2.75, 3.05) is 4.90 Å². The molecule has 0 N–H and O–H groups in total. The average molecular weight is 293 g/mol. The Morgan fingerprint density at radius 1 is 1.00 bits per heavy atom. The fraction of sp³-hybridized carbons (Fsp3) is 0.133. The lowest BCUT2D eigenvalue weighted by Crippen LogP contribution is -2.36. The fourth-order valence-corrected chi connectivity index (χ4v) is 2.15. The first kappa shape index (κ1) is 13.5. The van der Waals surface area contributed by atoms with Gasteiger partial charge in [-0.25, -0.2) is 4.79 Å². The zero-order chi connectivity index (χ0) is 15.0. The van der Waals surface area contributed by atoms with Crippen molar-refractivity contribution < 1.29 is 22.7 Å². The van der Waals surface area contributed by atoms with E-state index in [1.807, 2.05) is 6.07 Å². The van der Waals surface area contributed by atoms with Crippen molar-refractivity contribution >= 4 is 11.8 Å². The highest BCUT2D eigenvalue weighted by molar-refractivity contribution is 5.90. The molecule has 1 aliphatic rings. The smallest absolute Gasteiger partial charge is 0.410 e. The molecule has 0 saturated carbocycles. The summed E-state index contributed by atoms with van der Waals surface area (Å²) in [5, 5.41) is 0. The molecule has 1 aliphatic heterocycles. The van der Waals surface area contributed by atoms with Gasteiger partial charge in [-0.2, -0.15) is 13.2 Å². The molecule has 0 unspecified atom stereocenters. The van der Waals surface area contributed by atoms with Gasteiger partial charge in [-0.3, -0.25) is 4.90 Å². The van der Waals surface area contributed by atoms with Gasteiger partial charge in [-0.05, 0) is 30.3 Å².